The number of nitrogens with zero attached hydrogens (tertiary/aromatic N) is 2. The number of halogens is 1. The van der Waals surface area contributed by atoms with Gasteiger partial charge in [0.25, 0.3) is 0 Å². The van der Waals surface area contributed by atoms with Gasteiger partial charge in [-0.3, -0.25) is 0 Å². The average molecular weight is 274 g/mol. The number of rotatable bonds is 2. The van der Waals surface area contributed by atoms with Crippen LogP contribution in [0.3, 0.4) is 0 Å². The van der Waals surface area contributed by atoms with Crippen LogP contribution in [0.4, 0.5) is 5.82 Å². The van der Waals surface area contributed by atoms with Crippen LogP contribution in [-0.4, -0.2) is 27.0 Å². The van der Waals surface area contributed by atoms with Gasteiger partial charge in [-0.25, -0.2) is 9.97 Å². The summed E-state index contributed by atoms with van der Waals surface area (Å²) in [5.74, 6) is 2.14. The van der Waals surface area contributed by atoms with Crippen molar-refractivity contribution in [1.29, 1.82) is 0 Å². The second kappa shape index (κ2) is 4.49. The zero-order chi connectivity index (χ0) is 9.97. The molecule has 1 N–H and O–H groups in total. The molecule has 0 radical (unpaired) electrons. The lowest BCUT2D eigenvalue weighted by atomic mass is 10.2. The van der Waals surface area contributed by atoms with Gasteiger partial charge in [-0.15, -0.1) is 0 Å². The van der Waals surface area contributed by atoms with Crippen LogP contribution in [0.15, 0.2) is 17.0 Å². The van der Waals surface area contributed by atoms with Crippen LogP contribution in [0.5, 0.6) is 0 Å². The number of hydrogen-bond acceptors (Lipinski definition) is 4. The van der Waals surface area contributed by atoms with E-state index in [1.165, 1.54) is 12.2 Å². The molecule has 14 heavy (non-hydrogen) atoms. The molecule has 0 aromatic carbocycles. The molecule has 2 atom stereocenters. The lowest BCUT2D eigenvalue weighted by Gasteiger charge is -2.17. The first-order valence-electron chi connectivity index (χ1n) is 4.61. The van der Waals surface area contributed by atoms with Gasteiger partial charge in [0.05, 0.1) is 4.47 Å². The van der Waals surface area contributed by atoms with Gasteiger partial charge in [-0.1, -0.05) is 6.92 Å². The minimum atomic E-state index is 0.534. The molecular weight excluding hydrogens is 262 g/mol. The third kappa shape index (κ3) is 2.20. The van der Waals surface area contributed by atoms with E-state index in [2.05, 4.69) is 38.1 Å². The Labute approximate surface area is 96.2 Å². The van der Waals surface area contributed by atoms with Gasteiger partial charge in [-0.05, 0) is 28.1 Å². The molecule has 76 valence electrons. The van der Waals surface area contributed by atoms with Crippen LogP contribution in [0.25, 0.3) is 0 Å². The largest absolute Gasteiger partial charge is 0.365 e. The number of nitrogens with one attached hydrogen (secondary N) is 1. The second-order valence-corrected chi connectivity index (χ2v) is 5.67. The summed E-state index contributed by atoms with van der Waals surface area (Å²) in [5, 5.41) is 4.10. The van der Waals surface area contributed by atoms with Crippen molar-refractivity contribution in [2.24, 2.45) is 0 Å². The minimum Gasteiger partial charge on any atom is -0.365 e. The van der Waals surface area contributed by atoms with Crippen molar-refractivity contribution in [3.8, 4) is 0 Å². The standard InChI is InChI=1S/C9H12BrN3S/c1-6-8(2-3-14-6)13-9-7(10)4-11-5-12-9/h4-6,8H,2-3H2,1H3,(H,11,12,13). The predicted octanol–water partition coefficient (Wildman–Crippen LogP) is 2.54. The average Bonchev–Trinajstić information content (AvgIpc) is 2.56. The lowest BCUT2D eigenvalue weighted by molar-refractivity contribution is 0.719. The quantitative estimate of drug-likeness (QED) is 0.899. The Hall–Kier alpha value is -0.290. The zero-order valence-electron chi connectivity index (χ0n) is 7.90. The van der Waals surface area contributed by atoms with Gasteiger partial charge in [0.2, 0.25) is 0 Å². The van der Waals surface area contributed by atoms with E-state index in [1.54, 1.807) is 12.5 Å². The van der Waals surface area contributed by atoms with Crippen LogP contribution in [0, 0.1) is 0 Å². The Morgan fingerprint density at radius 2 is 2.50 bits per heavy atom. The first kappa shape index (κ1) is 10.2. The molecule has 1 aliphatic heterocycles. The monoisotopic (exact) mass is 273 g/mol. The molecule has 3 nitrogen and oxygen atoms in total. The van der Waals surface area contributed by atoms with E-state index in [1.807, 2.05) is 11.8 Å². The Bertz CT molecular complexity index is 321. The Balaban J connectivity index is 2.07. The molecule has 1 saturated heterocycles. The van der Waals surface area contributed by atoms with Crippen molar-refractivity contribution >= 4 is 33.5 Å². The zero-order valence-corrected chi connectivity index (χ0v) is 10.3. The van der Waals surface area contributed by atoms with E-state index < -0.39 is 0 Å². The van der Waals surface area contributed by atoms with Crippen molar-refractivity contribution in [2.75, 3.05) is 11.1 Å². The molecule has 2 heterocycles. The molecule has 5 heteroatoms. The fourth-order valence-electron chi connectivity index (χ4n) is 1.52. The first-order chi connectivity index (χ1) is 6.77. The number of aromatic nitrogens is 2. The summed E-state index contributed by atoms with van der Waals surface area (Å²) in [6.07, 6.45) is 4.55. The topological polar surface area (TPSA) is 37.8 Å². The second-order valence-electron chi connectivity index (χ2n) is 3.33. The maximum absolute atomic E-state index is 4.20. The van der Waals surface area contributed by atoms with Crippen molar-refractivity contribution in [3.63, 3.8) is 0 Å². The Morgan fingerprint density at radius 1 is 1.64 bits per heavy atom. The third-order valence-corrected chi connectivity index (χ3v) is 4.27. The molecule has 0 bridgehead atoms. The smallest absolute Gasteiger partial charge is 0.143 e. The first-order valence-corrected chi connectivity index (χ1v) is 6.45. The number of thioether (sulfide) groups is 1. The van der Waals surface area contributed by atoms with Crippen LogP contribution in [0.2, 0.25) is 0 Å². The summed E-state index contributed by atoms with van der Waals surface area (Å²) < 4.78 is 0.934. The van der Waals surface area contributed by atoms with Crippen molar-refractivity contribution in [2.45, 2.75) is 24.6 Å². The van der Waals surface area contributed by atoms with Crippen molar-refractivity contribution in [3.05, 3.63) is 17.0 Å². The molecular formula is C9H12BrN3S. The summed E-state index contributed by atoms with van der Waals surface area (Å²) in [4.78, 5) is 8.13. The van der Waals surface area contributed by atoms with Crippen LogP contribution < -0.4 is 5.32 Å². The van der Waals surface area contributed by atoms with E-state index in [4.69, 9.17) is 0 Å². The van der Waals surface area contributed by atoms with Crippen molar-refractivity contribution < 1.29 is 0 Å². The highest BCUT2D eigenvalue weighted by molar-refractivity contribution is 9.10. The van der Waals surface area contributed by atoms with Gasteiger partial charge in [0.1, 0.15) is 12.1 Å². The SMILES string of the molecule is CC1SCCC1Nc1ncncc1Br. The molecule has 0 spiro atoms. The summed E-state index contributed by atoms with van der Waals surface area (Å²) in [6, 6.07) is 0.534. The molecule has 2 unspecified atom stereocenters. The maximum Gasteiger partial charge on any atom is 0.143 e. The molecule has 0 saturated carbocycles. The molecule has 1 fully saturated rings. The third-order valence-electron chi connectivity index (χ3n) is 2.37. The molecule has 2 rings (SSSR count). The van der Waals surface area contributed by atoms with E-state index in [9.17, 15) is 0 Å². The van der Waals surface area contributed by atoms with Crippen LogP contribution >= 0.6 is 27.7 Å². The number of hydrogen-bond donors (Lipinski definition) is 1. The van der Waals surface area contributed by atoms with E-state index in [0.717, 1.165) is 10.3 Å². The highest BCUT2D eigenvalue weighted by Gasteiger charge is 2.24. The molecule has 1 aromatic heterocycles. The summed E-state index contributed by atoms with van der Waals surface area (Å²) in [6.45, 7) is 2.25. The van der Waals surface area contributed by atoms with E-state index >= 15 is 0 Å². The normalized spacial score (nSPS) is 26.4. The summed E-state index contributed by atoms with van der Waals surface area (Å²) >= 11 is 5.44. The van der Waals surface area contributed by atoms with E-state index in [-0.39, 0.29) is 0 Å². The fourth-order valence-corrected chi connectivity index (χ4v) is 3.05. The molecule has 0 aliphatic carbocycles. The van der Waals surface area contributed by atoms with E-state index in [0.29, 0.717) is 11.3 Å². The van der Waals surface area contributed by atoms with Gasteiger partial charge >= 0.3 is 0 Å². The molecule has 0 amide bonds. The van der Waals surface area contributed by atoms with Gasteiger partial charge < -0.3 is 5.32 Å². The Kier molecular flexibility index (Phi) is 3.28. The number of anilines is 1. The maximum atomic E-state index is 4.20. The highest BCUT2D eigenvalue weighted by atomic mass is 79.9. The van der Waals surface area contributed by atoms with Gasteiger partial charge in [0.15, 0.2) is 0 Å². The highest BCUT2D eigenvalue weighted by Crippen LogP contribution is 2.29. The summed E-state index contributed by atoms with van der Waals surface area (Å²) in [7, 11) is 0. The van der Waals surface area contributed by atoms with Gasteiger partial charge in [-0.2, -0.15) is 11.8 Å². The predicted molar refractivity (Wildman–Crippen MR) is 63.7 cm³/mol. The minimum absolute atomic E-state index is 0.534. The van der Waals surface area contributed by atoms with Gasteiger partial charge in [0, 0.05) is 17.5 Å². The van der Waals surface area contributed by atoms with Crippen LogP contribution in [-0.2, 0) is 0 Å². The molecule has 1 aliphatic rings. The summed E-state index contributed by atoms with van der Waals surface area (Å²) in [5.41, 5.74) is 0. The van der Waals surface area contributed by atoms with Crippen LogP contribution in [0.1, 0.15) is 13.3 Å². The fraction of sp³-hybridized carbons (Fsp3) is 0.556. The lowest BCUT2D eigenvalue weighted by Crippen LogP contribution is -2.25. The molecule has 1 aromatic rings. The van der Waals surface area contributed by atoms with Crippen molar-refractivity contribution in [1.82, 2.24) is 9.97 Å². The Morgan fingerprint density at radius 3 is 3.14 bits per heavy atom.